The Morgan fingerprint density at radius 2 is 2.41 bits per heavy atom. The van der Waals surface area contributed by atoms with Crippen LogP contribution in [0.2, 0.25) is 0 Å². The molecule has 0 bridgehead atoms. The number of amides is 1. The van der Waals surface area contributed by atoms with E-state index < -0.39 is 0 Å². The fraction of sp³-hybridized carbons (Fsp3) is 0.500. The number of aliphatic hydroxyl groups is 1. The highest BCUT2D eigenvalue weighted by molar-refractivity contribution is 7.99. The van der Waals surface area contributed by atoms with Crippen LogP contribution < -0.4 is 5.32 Å². The molecule has 0 radical (unpaired) electrons. The fourth-order valence-corrected chi connectivity index (χ4v) is 1.97. The second-order valence-electron chi connectivity index (χ2n) is 3.80. The molecular formula is C12H18N2O2S. The number of nitrogens with one attached hydrogen (secondary N) is 1. The van der Waals surface area contributed by atoms with Gasteiger partial charge < -0.3 is 10.4 Å². The lowest BCUT2D eigenvalue weighted by molar-refractivity contribution is -0.118. The lowest BCUT2D eigenvalue weighted by Crippen LogP contribution is -2.28. The smallest absolute Gasteiger partial charge is 0.230 e. The molecule has 0 aromatic carbocycles. The van der Waals surface area contributed by atoms with Crippen molar-refractivity contribution in [2.45, 2.75) is 25.2 Å². The van der Waals surface area contributed by atoms with Gasteiger partial charge in [-0.05, 0) is 25.5 Å². The average Bonchev–Trinajstić information content (AvgIpc) is 2.30. The molecule has 1 atom stereocenters. The molecule has 1 rings (SSSR count). The molecule has 1 aromatic rings. The summed E-state index contributed by atoms with van der Waals surface area (Å²) in [5.41, 5.74) is 0.981. The molecular weight excluding hydrogens is 236 g/mol. The summed E-state index contributed by atoms with van der Waals surface area (Å²) >= 11 is 1.54. The van der Waals surface area contributed by atoms with Crippen LogP contribution in [0.4, 0.5) is 0 Å². The SMILES string of the molecule is CC(O)CCNC(=O)CSCc1ccccn1. The van der Waals surface area contributed by atoms with Gasteiger partial charge in [0.25, 0.3) is 0 Å². The Kier molecular flexibility index (Phi) is 6.65. The van der Waals surface area contributed by atoms with Crippen molar-refractivity contribution in [2.75, 3.05) is 12.3 Å². The molecule has 0 fully saturated rings. The number of aromatic nitrogens is 1. The van der Waals surface area contributed by atoms with Gasteiger partial charge in [-0.1, -0.05) is 6.07 Å². The molecule has 0 aliphatic heterocycles. The first kappa shape index (κ1) is 14.0. The standard InChI is InChI=1S/C12H18N2O2S/c1-10(15)5-7-14-12(16)9-17-8-11-4-2-3-6-13-11/h2-4,6,10,15H,5,7-9H2,1H3,(H,14,16). The Morgan fingerprint density at radius 3 is 3.06 bits per heavy atom. The van der Waals surface area contributed by atoms with Gasteiger partial charge in [0.15, 0.2) is 0 Å². The van der Waals surface area contributed by atoms with Gasteiger partial charge in [-0.3, -0.25) is 9.78 Å². The molecule has 2 N–H and O–H groups in total. The van der Waals surface area contributed by atoms with Gasteiger partial charge in [-0.15, -0.1) is 11.8 Å². The van der Waals surface area contributed by atoms with Gasteiger partial charge in [-0.25, -0.2) is 0 Å². The molecule has 0 saturated heterocycles. The van der Waals surface area contributed by atoms with Crippen molar-refractivity contribution in [2.24, 2.45) is 0 Å². The molecule has 0 aliphatic rings. The molecule has 0 saturated carbocycles. The number of carbonyl (C=O) groups is 1. The topological polar surface area (TPSA) is 62.2 Å². The number of hydrogen-bond acceptors (Lipinski definition) is 4. The van der Waals surface area contributed by atoms with E-state index in [0.29, 0.717) is 18.7 Å². The molecule has 1 aromatic heterocycles. The lowest BCUT2D eigenvalue weighted by atomic mass is 10.3. The van der Waals surface area contributed by atoms with Crippen molar-refractivity contribution in [1.82, 2.24) is 10.3 Å². The summed E-state index contributed by atoms with van der Waals surface area (Å²) in [6, 6.07) is 5.75. The van der Waals surface area contributed by atoms with E-state index in [9.17, 15) is 4.79 Å². The minimum absolute atomic E-state index is 0.00609. The zero-order valence-corrected chi connectivity index (χ0v) is 10.7. The highest BCUT2D eigenvalue weighted by atomic mass is 32.2. The fourth-order valence-electron chi connectivity index (χ4n) is 1.20. The van der Waals surface area contributed by atoms with Crippen molar-refractivity contribution >= 4 is 17.7 Å². The second-order valence-corrected chi connectivity index (χ2v) is 4.79. The Bertz CT molecular complexity index is 331. The third kappa shape index (κ3) is 6.97. The number of aliphatic hydroxyl groups excluding tert-OH is 1. The summed E-state index contributed by atoms with van der Waals surface area (Å²) in [7, 11) is 0. The van der Waals surface area contributed by atoms with Gasteiger partial charge in [0.2, 0.25) is 5.91 Å². The van der Waals surface area contributed by atoms with E-state index >= 15 is 0 Å². The number of hydrogen-bond donors (Lipinski definition) is 2. The molecule has 0 spiro atoms. The zero-order valence-electron chi connectivity index (χ0n) is 9.93. The Morgan fingerprint density at radius 1 is 1.59 bits per heavy atom. The van der Waals surface area contributed by atoms with Crippen LogP contribution in [0.1, 0.15) is 19.0 Å². The van der Waals surface area contributed by atoms with E-state index in [4.69, 9.17) is 5.11 Å². The minimum Gasteiger partial charge on any atom is -0.393 e. The summed E-state index contributed by atoms with van der Waals surface area (Å²) in [4.78, 5) is 15.6. The van der Waals surface area contributed by atoms with Gasteiger partial charge in [-0.2, -0.15) is 0 Å². The molecule has 1 unspecified atom stereocenters. The van der Waals surface area contributed by atoms with Crippen LogP contribution in [0.5, 0.6) is 0 Å². The van der Waals surface area contributed by atoms with Crippen molar-refractivity contribution in [3.8, 4) is 0 Å². The third-order valence-corrected chi connectivity index (χ3v) is 3.06. The molecule has 5 heteroatoms. The van der Waals surface area contributed by atoms with E-state index in [-0.39, 0.29) is 12.0 Å². The number of rotatable bonds is 7. The largest absolute Gasteiger partial charge is 0.393 e. The predicted octanol–water partition coefficient (Wildman–Crippen LogP) is 1.20. The van der Waals surface area contributed by atoms with Crippen molar-refractivity contribution in [1.29, 1.82) is 0 Å². The lowest BCUT2D eigenvalue weighted by Gasteiger charge is -2.06. The summed E-state index contributed by atoms with van der Waals surface area (Å²) < 4.78 is 0. The van der Waals surface area contributed by atoms with E-state index in [2.05, 4.69) is 10.3 Å². The maximum atomic E-state index is 11.4. The molecule has 94 valence electrons. The molecule has 17 heavy (non-hydrogen) atoms. The van der Waals surface area contributed by atoms with E-state index in [1.807, 2.05) is 18.2 Å². The minimum atomic E-state index is -0.364. The molecule has 4 nitrogen and oxygen atoms in total. The van der Waals surface area contributed by atoms with Crippen LogP contribution >= 0.6 is 11.8 Å². The summed E-state index contributed by atoms with van der Waals surface area (Å²) in [6.45, 7) is 2.24. The summed E-state index contributed by atoms with van der Waals surface area (Å²) in [5.74, 6) is 1.17. The predicted molar refractivity (Wildman–Crippen MR) is 69.7 cm³/mol. The van der Waals surface area contributed by atoms with Crippen molar-refractivity contribution in [3.05, 3.63) is 30.1 Å². The van der Waals surface area contributed by atoms with Crippen LogP contribution in [0.15, 0.2) is 24.4 Å². The van der Waals surface area contributed by atoms with E-state index in [1.54, 1.807) is 13.1 Å². The normalized spacial score (nSPS) is 12.1. The van der Waals surface area contributed by atoms with Crippen LogP contribution in [0.25, 0.3) is 0 Å². The quantitative estimate of drug-likeness (QED) is 0.767. The maximum Gasteiger partial charge on any atom is 0.230 e. The van der Waals surface area contributed by atoms with Gasteiger partial charge in [0, 0.05) is 18.5 Å². The average molecular weight is 254 g/mol. The van der Waals surface area contributed by atoms with Gasteiger partial charge in [0.1, 0.15) is 0 Å². The van der Waals surface area contributed by atoms with Crippen molar-refractivity contribution < 1.29 is 9.90 Å². The number of nitrogens with zero attached hydrogens (tertiary/aromatic N) is 1. The molecule has 1 amide bonds. The second kappa shape index (κ2) is 8.08. The van der Waals surface area contributed by atoms with Crippen LogP contribution in [0, 0.1) is 0 Å². The Labute approximate surface area is 106 Å². The van der Waals surface area contributed by atoms with Gasteiger partial charge in [0.05, 0.1) is 17.6 Å². The molecule has 0 aliphatic carbocycles. The van der Waals surface area contributed by atoms with Crippen LogP contribution in [0.3, 0.4) is 0 Å². The number of pyridine rings is 1. The highest BCUT2D eigenvalue weighted by Crippen LogP contribution is 2.08. The van der Waals surface area contributed by atoms with E-state index in [0.717, 1.165) is 11.4 Å². The van der Waals surface area contributed by atoms with Crippen molar-refractivity contribution in [3.63, 3.8) is 0 Å². The molecule has 1 heterocycles. The van der Waals surface area contributed by atoms with Crippen LogP contribution in [-0.2, 0) is 10.5 Å². The van der Waals surface area contributed by atoms with E-state index in [1.165, 1.54) is 11.8 Å². The van der Waals surface area contributed by atoms with Gasteiger partial charge >= 0.3 is 0 Å². The summed E-state index contributed by atoms with van der Waals surface area (Å²) in [6.07, 6.45) is 1.98. The summed E-state index contributed by atoms with van der Waals surface area (Å²) in [5, 5.41) is 11.8. The first-order valence-electron chi connectivity index (χ1n) is 5.61. The third-order valence-electron chi connectivity index (χ3n) is 2.09. The van der Waals surface area contributed by atoms with Crippen LogP contribution in [-0.4, -0.2) is 34.4 Å². The first-order chi connectivity index (χ1) is 8.18. The Hall–Kier alpha value is -1.07. The highest BCUT2D eigenvalue weighted by Gasteiger charge is 2.02. The zero-order chi connectivity index (χ0) is 12.5. The maximum absolute atomic E-state index is 11.4. The Balaban J connectivity index is 2.08. The monoisotopic (exact) mass is 254 g/mol. The number of carbonyl (C=O) groups excluding carboxylic acids is 1. The number of thioether (sulfide) groups is 1. The first-order valence-corrected chi connectivity index (χ1v) is 6.76.